The molecule has 0 aliphatic carbocycles. The first kappa shape index (κ1) is 19.7. The number of amides is 2. The zero-order valence-corrected chi connectivity index (χ0v) is 17.2. The first-order valence-corrected chi connectivity index (χ1v) is 10.3. The lowest BCUT2D eigenvalue weighted by Crippen LogP contribution is -2.40. The van der Waals surface area contributed by atoms with Gasteiger partial charge < -0.3 is 10.2 Å². The van der Waals surface area contributed by atoms with Crippen LogP contribution in [0.2, 0.25) is 0 Å². The highest BCUT2D eigenvalue weighted by Crippen LogP contribution is 2.24. The Labute approximate surface area is 178 Å². The van der Waals surface area contributed by atoms with E-state index < -0.39 is 0 Å². The molecule has 4 aromatic rings. The molecule has 150 valence electrons. The second kappa shape index (κ2) is 9.27. The fourth-order valence-corrected chi connectivity index (χ4v) is 3.79. The molecular formula is C27H26N2O. The predicted molar refractivity (Wildman–Crippen MR) is 123 cm³/mol. The van der Waals surface area contributed by atoms with Crippen LogP contribution in [-0.4, -0.2) is 10.9 Å². The number of nitrogens with one attached hydrogen (secondary N) is 1. The number of nitrogens with zero attached hydrogens (tertiary/aromatic N) is 1. The van der Waals surface area contributed by atoms with Crippen LogP contribution in [0.15, 0.2) is 103 Å². The van der Waals surface area contributed by atoms with Gasteiger partial charge in [-0.15, -0.1) is 0 Å². The molecule has 0 saturated heterocycles. The summed E-state index contributed by atoms with van der Waals surface area (Å²) in [5, 5.41) is 5.57. The molecule has 3 nitrogen and oxygen atoms in total. The standard InChI is InChI=1S/C27H26N2O/c1-21(25-18-10-16-24-15-8-9-17-26(24)25)28-27(30)29(19-22-11-4-2-5-12-22)20-23-13-6-3-7-14-23/h2-18,21H,19-20H2,1H3,(H,28,30). The van der Waals surface area contributed by atoms with E-state index in [-0.39, 0.29) is 12.1 Å². The maximum absolute atomic E-state index is 13.3. The van der Waals surface area contributed by atoms with Crippen molar-refractivity contribution in [3.63, 3.8) is 0 Å². The van der Waals surface area contributed by atoms with Crippen molar-refractivity contribution in [2.45, 2.75) is 26.1 Å². The summed E-state index contributed by atoms with van der Waals surface area (Å²) in [6.07, 6.45) is 0. The minimum Gasteiger partial charge on any atom is -0.331 e. The van der Waals surface area contributed by atoms with Gasteiger partial charge in [0.15, 0.2) is 0 Å². The summed E-state index contributed by atoms with van der Waals surface area (Å²) in [7, 11) is 0. The molecule has 0 spiro atoms. The Morgan fingerprint density at radius 1 is 0.733 bits per heavy atom. The van der Waals surface area contributed by atoms with Gasteiger partial charge in [-0.05, 0) is 34.4 Å². The molecule has 30 heavy (non-hydrogen) atoms. The van der Waals surface area contributed by atoms with Crippen LogP contribution in [0, 0.1) is 0 Å². The molecule has 4 aromatic carbocycles. The Hall–Kier alpha value is -3.59. The largest absolute Gasteiger partial charge is 0.331 e. The SMILES string of the molecule is CC(NC(=O)N(Cc1ccccc1)Cc1ccccc1)c1cccc2ccccc12. The smallest absolute Gasteiger partial charge is 0.318 e. The van der Waals surface area contributed by atoms with Crippen LogP contribution in [0.5, 0.6) is 0 Å². The fourth-order valence-electron chi connectivity index (χ4n) is 3.79. The molecule has 4 rings (SSSR count). The molecule has 1 unspecified atom stereocenters. The highest BCUT2D eigenvalue weighted by atomic mass is 16.2. The maximum atomic E-state index is 13.3. The molecule has 1 N–H and O–H groups in total. The van der Waals surface area contributed by atoms with Gasteiger partial charge in [0.1, 0.15) is 0 Å². The van der Waals surface area contributed by atoms with Gasteiger partial charge in [0.05, 0.1) is 6.04 Å². The van der Waals surface area contributed by atoms with Gasteiger partial charge in [-0.25, -0.2) is 4.79 Å². The average Bonchev–Trinajstić information content (AvgIpc) is 2.79. The number of carbonyl (C=O) groups is 1. The average molecular weight is 395 g/mol. The number of hydrogen-bond donors (Lipinski definition) is 1. The molecule has 0 aliphatic rings. The van der Waals surface area contributed by atoms with Gasteiger partial charge >= 0.3 is 6.03 Å². The molecule has 0 fully saturated rings. The van der Waals surface area contributed by atoms with Crippen LogP contribution in [0.4, 0.5) is 4.79 Å². The molecule has 3 heteroatoms. The normalized spacial score (nSPS) is 11.8. The first-order valence-electron chi connectivity index (χ1n) is 10.3. The number of fused-ring (bicyclic) bond motifs is 1. The Kier molecular flexibility index (Phi) is 6.09. The van der Waals surface area contributed by atoms with Crippen LogP contribution in [0.25, 0.3) is 10.8 Å². The van der Waals surface area contributed by atoms with Crippen molar-refractivity contribution in [3.05, 3.63) is 120 Å². The summed E-state index contributed by atoms with van der Waals surface area (Å²) in [6.45, 7) is 3.16. The molecule has 0 aromatic heterocycles. The Balaban J connectivity index is 1.56. The Morgan fingerprint density at radius 3 is 1.90 bits per heavy atom. The van der Waals surface area contributed by atoms with Crippen LogP contribution in [0.1, 0.15) is 29.7 Å². The number of rotatable bonds is 6. The van der Waals surface area contributed by atoms with E-state index in [2.05, 4.69) is 53.8 Å². The van der Waals surface area contributed by atoms with Gasteiger partial charge in [0.2, 0.25) is 0 Å². The predicted octanol–water partition coefficient (Wildman–Crippen LogP) is 6.31. The Bertz CT molecular complexity index is 1060. The summed E-state index contributed by atoms with van der Waals surface area (Å²) < 4.78 is 0. The van der Waals surface area contributed by atoms with Gasteiger partial charge in [0, 0.05) is 13.1 Å². The second-order valence-corrected chi connectivity index (χ2v) is 7.57. The highest BCUT2D eigenvalue weighted by Gasteiger charge is 2.18. The lowest BCUT2D eigenvalue weighted by atomic mass is 10.00. The summed E-state index contributed by atoms with van der Waals surface area (Å²) in [5.41, 5.74) is 3.35. The van der Waals surface area contributed by atoms with Crippen molar-refractivity contribution in [1.82, 2.24) is 10.2 Å². The third-order valence-electron chi connectivity index (χ3n) is 5.35. The highest BCUT2D eigenvalue weighted by molar-refractivity contribution is 5.86. The summed E-state index contributed by atoms with van der Waals surface area (Å²) >= 11 is 0. The monoisotopic (exact) mass is 394 g/mol. The third-order valence-corrected chi connectivity index (χ3v) is 5.35. The van der Waals surface area contributed by atoms with Crippen molar-refractivity contribution in [2.24, 2.45) is 0 Å². The quantitative estimate of drug-likeness (QED) is 0.408. The van der Waals surface area contributed by atoms with E-state index in [1.54, 1.807) is 0 Å². The molecule has 0 saturated carbocycles. The van der Waals surface area contributed by atoms with Crippen molar-refractivity contribution in [3.8, 4) is 0 Å². The van der Waals surface area contributed by atoms with Crippen molar-refractivity contribution in [2.75, 3.05) is 0 Å². The number of carbonyl (C=O) groups excluding carboxylic acids is 1. The second-order valence-electron chi connectivity index (χ2n) is 7.57. The van der Waals surface area contributed by atoms with E-state index in [0.717, 1.165) is 16.7 Å². The van der Waals surface area contributed by atoms with Crippen molar-refractivity contribution in [1.29, 1.82) is 0 Å². The van der Waals surface area contributed by atoms with Gasteiger partial charge in [-0.2, -0.15) is 0 Å². The van der Waals surface area contributed by atoms with Crippen LogP contribution in [-0.2, 0) is 13.1 Å². The van der Waals surface area contributed by atoms with E-state index in [1.165, 1.54) is 10.8 Å². The molecule has 0 heterocycles. The van der Waals surface area contributed by atoms with Gasteiger partial charge in [0.25, 0.3) is 0 Å². The molecule has 1 atom stereocenters. The lowest BCUT2D eigenvalue weighted by Gasteiger charge is -2.26. The zero-order chi connectivity index (χ0) is 20.8. The van der Waals surface area contributed by atoms with Gasteiger partial charge in [-0.3, -0.25) is 0 Å². The fraction of sp³-hybridized carbons (Fsp3) is 0.148. The molecular weight excluding hydrogens is 368 g/mol. The van der Waals surface area contributed by atoms with Crippen LogP contribution < -0.4 is 5.32 Å². The van der Waals surface area contributed by atoms with E-state index >= 15 is 0 Å². The molecule has 0 radical (unpaired) electrons. The summed E-state index contributed by atoms with van der Waals surface area (Å²) in [5.74, 6) is 0. The van der Waals surface area contributed by atoms with E-state index in [0.29, 0.717) is 13.1 Å². The zero-order valence-electron chi connectivity index (χ0n) is 17.2. The van der Waals surface area contributed by atoms with Gasteiger partial charge in [-0.1, -0.05) is 103 Å². The number of urea groups is 1. The molecule has 0 aliphatic heterocycles. The Morgan fingerprint density at radius 2 is 1.27 bits per heavy atom. The van der Waals surface area contributed by atoms with E-state index in [1.807, 2.05) is 66.4 Å². The third kappa shape index (κ3) is 4.69. The van der Waals surface area contributed by atoms with Crippen LogP contribution in [0.3, 0.4) is 0 Å². The molecule has 2 amide bonds. The van der Waals surface area contributed by atoms with E-state index in [4.69, 9.17) is 0 Å². The van der Waals surface area contributed by atoms with E-state index in [9.17, 15) is 4.79 Å². The minimum atomic E-state index is -0.0994. The summed E-state index contributed by atoms with van der Waals surface area (Å²) in [6, 6.07) is 34.6. The molecule has 0 bridgehead atoms. The van der Waals surface area contributed by atoms with Crippen molar-refractivity contribution >= 4 is 16.8 Å². The van der Waals surface area contributed by atoms with Crippen molar-refractivity contribution < 1.29 is 4.79 Å². The first-order chi connectivity index (χ1) is 14.7. The summed E-state index contributed by atoms with van der Waals surface area (Å²) in [4.78, 5) is 15.2. The number of hydrogen-bond acceptors (Lipinski definition) is 1. The number of benzene rings is 4. The lowest BCUT2D eigenvalue weighted by molar-refractivity contribution is 0.189. The maximum Gasteiger partial charge on any atom is 0.318 e. The van der Waals surface area contributed by atoms with Crippen LogP contribution >= 0.6 is 0 Å². The topological polar surface area (TPSA) is 32.3 Å². The minimum absolute atomic E-state index is 0.0665.